The zero-order chi connectivity index (χ0) is 12.7. The van der Waals surface area contributed by atoms with Gasteiger partial charge >= 0.3 is 0 Å². The van der Waals surface area contributed by atoms with Crippen LogP contribution in [-0.2, 0) is 0 Å². The van der Waals surface area contributed by atoms with Crippen molar-refractivity contribution in [2.24, 2.45) is 5.92 Å². The summed E-state index contributed by atoms with van der Waals surface area (Å²) in [5.74, 6) is 0.900. The molecular formula is C13H16BrN3S. The van der Waals surface area contributed by atoms with E-state index in [4.69, 9.17) is 12.2 Å². The third-order valence-electron chi connectivity index (χ3n) is 3.66. The average Bonchev–Trinajstić information content (AvgIpc) is 3.09. The molecule has 0 aliphatic heterocycles. The van der Waals surface area contributed by atoms with Crippen LogP contribution in [0.15, 0.2) is 16.7 Å². The molecule has 1 fully saturated rings. The molecule has 2 aromatic rings. The molecule has 1 atom stereocenters. The molecule has 1 unspecified atom stereocenters. The molecule has 3 rings (SSSR count). The summed E-state index contributed by atoms with van der Waals surface area (Å²) in [6, 6.07) is 2.52. The number of halogens is 1. The van der Waals surface area contributed by atoms with Crippen molar-refractivity contribution in [2.75, 3.05) is 0 Å². The smallest absolute Gasteiger partial charge is 0.179 e. The number of hydrogen-bond acceptors (Lipinski definition) is 2. The summed E-state index contributed by atoms with van der Waals surface area (Å²) in [4.78, 5) is 7.78. The molecular weight excluding hydrogens is 310 g/mol. The highest BCUT2D eigenvalue weighted by Crippen LogP contribution is 2.38. The van der Waals surface area contributed by atoms with E-state index in [2.05, 4.69) is 37.4 Å². The third-order valence-corrected chi connectivity index (χ3v) is 4.39. The SMILES string of the molecule is CCC(CC1CC1)n1c(=S)[nH]c2cc(Br)cnc21. The van der Waals surface area contributed by atoms with E-state index in [1.165, 1.54) is 19.3 Å². The lowest BCUT2D eigenvalue weighted by Gasteiger charge is -2.16. The minimum atomic E-state index is 0.479. The largest absolute Gasteiger partial charge is 0.329 e. The van der Waals surface area contributed by atoms with Crippen LogP contribution in [0, 0.1) is 10.7 Å². The summed E-state index contributed by atoms with van der Waals surface area (Å²) in [7, 11) is 0. The fourth-order valence-corrected chi connectivity index (χ4v) is 3.20. The molecule has 0 aromatic carbocycles. The number of pyridine rings is 1. The fourth-order valence-electron chi connectivity index (χ4n) is 2.52. The zero-order valence-electron chi connectivity index (χ0n) is 10.3. The summed E-state index contributed by atoms with van der Waals surface area (Å²) in [6.45, 7) is 2.23. The van der Waals surface area contributed by atoms with E-state index in [9.17, 15) is 0 Å². The van der Waals surface area contributed by atoms with Crippen LogP contribution in [0.5, 0.6) is 0 Å². The number of rotatable bonds is 4. The number of nitrogens with one attached hydrogen (secondary N) is 1. The molecule has 0 radical (unpaired) electrons. The van der Waals surface area contributed by atoms with Crippen LogP contribution in [0.1, 0.15) is 38.6 Å². The van der Waals surface area contributed by atoms with Gasteiger partial charge in [-0.1, -0.05) is 19.8 Å². The number of nitrogens with zero attached hydrogens (tertiary/aromatic N) is 2. The van der Waals surface area contributed by atoms with Crippen molar-refractivity contribution >= 4 is 39.3 Å². The van der Waals surface area contributed by atoms with Gasteiger partial charge in [0.1, 0.15) is 0 Å². The maximum atomic E-state index is 5.46. The van der Waals surface area contributed by atoms with Gasteiger partial charge in [0.2, 0.25) is 0 Å². The molecule has 0 amide bonds. The van der Waals surface area contributed by atoms with E-state index < -0.39 is 0 Å². The first-order chi connectivity index (χ1) is 8.69. The van der Waals surface area contributed by atoms with E-state index in [-0.39, 0.29) is 0 Å². The minimum Gasteiger partial charge on any atom is -0.329 e. The first-order valence-corrected chi connectivity index (χ1v) is 7.65. The quantitative estimate of drug-likeness (QED) is 0.833. The van der Waals surface area contributed by atoms with Gasteiger partial charge < -0.3 is 4.98 Å². The second-order valence-electron chi connectivity index (χ2n) is 5.07. The predicted molar refractivity (Wildman–Crippen MR) is 79.3 cm³/mol. The van der Waals surface area contributed by atoms with Crippen LogP contribution in [-0.4, -0.2) is 14.5 Å². The van der Waals surface area contributed by atoms with E-state index in [1.807, 2.05) is 12.3 Å². The summed E-state index contributed by atoms with van der Waals surface area (Å²) in [6.07, 6.45) is 6.94. The zero-order valence-corrected chi connectivity index (χ0v) is 12.7. The van der Waals surface area contributed by atoms with Gasteiger partial charge in [-0.25, -0.2) is 4.98 Å². The number of aromatic amines is 1. The summed E-state index contributed by atoms with van der Waals surface area (Å²) >= 11 is 8.91. The monoisotopic (exact) mass is 325 g/mol. The Balaban J connectivity index is 2.08. The van der Waals surface area contributed by atoms with Crippen molar-refractivity contribution in [1.82, 2.24) is 14.5 Å². The van der Waals surface area contributed by atoms with Crippen molar-refractivity contribution < 1.29 is 0 Å². The number of aromatic nitrogens is 3. The molecule has 0 bridgehead atoms. The molecule has 0 spiro atoms. The molecule has 5 heteroatoms. The highest BCUT2D eigenvalue weighted by Gasteiger charge is 2.26. The van der Waals surface area contributed by atoms with E-state index in [1.54, 1.807) is 0 Å². The average molecular weight is 326 g/mol. The Labute approximate surface area is 120 Å². The van der Waals surface area contributed by atoms with Crippen molar-refractivity contribution in [1.29, 1.82) is 0 Å². The summed E-state index contributed by atoms with van der Waals surface area (Å²) in [5, 5.41) is 0. The van der Waals surface area contributed by atoms with Crippen molar-refractivity contribution in [3.63, 3.8) is 0 Å². The Morgan fingerprint density at radius 2 is 2.39 bits per heavy atom. The molecule has 96 valence electrons. The van der Waals surface area contributed by atoms with Gasteiger partial charge in [0.05, 0.1) is 5.52 Å². The number of fused-ring (bicyclic) bond motifs is 1. The highest BCUT2D eigenvalue weighted by molar-refractivity contribution is 9.10. The highest BCUT2D eigenvalue weighted by atomic mass is 79.9. The maximum Gasteiger partial charge on any atom is 0.179 e. The standard InChI is InChI=1S/C13H16BrN3S/c1-2-10(5-8-3-4-8)17-12-11(16-13(17)18)6-9(14)7-15-12/h6-8,10H,2-5H2,1H3,(H,16,18). The molecule has 1 saturated carbocycles. The van der Waals surface area contributed by atoms with Crippen LogP contribution in [0.3, 0.4) is 0 Å². The van der Waals surface area contributed by atoms with Crippen LogP contribution in [0.25, 0.3) is 11.2 Å². The molecule has 18 heavy (non-hydrogen) atoms. The number of H-pyrrole nitrogens is 1. The van der Waals surface area contributed by atoms with Gasteiger partial charge in [-0.2, -0.15) is 0 Å². The molecule has 1 aliphatic rings. The predicted octanol–water partition coefficient (Wildman–Crippen LogP) is 4.61. The topological polar surface area (TPSA) is 33.6 Å². The van der Waals surface area contributed by atoms with E-state index in [0.29, 0.717) is 6.04 Å². The van der Waals surface area contributed by atoms with Gasteiger partial charge in [-0.05, 0) is 53.0 Å². The summed E-state index contributed by atoms with van der Waals surface area (Å²) < 4.78 is 3.98. The third kappa shape index (κ3) is 2.26. The second kappa shape index (κ2) is 4.78. The molecule has 1 aliphatic carbocycles. The van der Waals surface area contributed by atoms with Gasteiger partial charge in [0.15, 0.2) is 10.4 Å². The van der Waals surface area contributed by atoms with Gasteiger partial charge in [-0.3, -0.25) is 4.57 Å². The van der Waals surface area contributed by atoms with Gasteiger partial charge in [0.25, 0.3) is 0 Å². The number of imidazole rings is 1. The molecule has 2 aromatic heterocycles. The second-order valence-corrected chi connectivity index (χ2v) is 6.37. The van der Waals surface area contributed by atoms with E-state index in [0.717, 1.165) is 32.7 Å². The Bertz CT molecular complexity index is 627. The maximum absolute atomic E-state index is 5.46. The lowest BCUT2D eigenvalue weighted by Crippen LogP contribution is -2.09. The lowest BCUT2D eigenvalue weighted by atomic mass is 10.1. The molecule has 2 heterocycles. The Morgan fingerprint density at radius 1 is 1.61 bits per heavy atom. The normalized spacial score (nSPS) is 17.2. The Morgan fingerprint density at radius 3 is 3.06 bits per heavy atom. The van der Waals surface area contributed by atoms with Crippen molar-refractivity contribution in [2.45, 2.75) is 38.6 Å². The molecule has 0 saturated heterocycles. The van der Waals surface area contributed by atoms with Crippen molar-refractivity contribution in [3.05, 3.63) is 21.5 Å². The first-order valence-electron chi connectivity index (χ1n) is 6.44. The van der Waals surface area contributed by atoms with Crippen LogP contribution in [0.4, 0.5) is 0 Å². The van der Waals surface area contributed by atoms with Gasteiger partial charge in [-0.15, -0.1) is 0 Å². The fraction of sp³-hybridized carbons (Fsp3) is 0.538. The van der Waals surface area contributed by atoms with Crippen LogP contribution in [0.2, 0.25) is 0 Å². The molecule has 3 nitrogen and oxygen atoms in total. The van der Waals surface area contributed by atoms with E-state index >= 15 is 0 Å². The molecule has 1 N–H and O–H groups in total. The lowest BCUT2D eigenvalue weighted by molar-refractivity contribution is 0.432. The van der Waals surface area contributed by atoms with Gasteiger partial charge in [0, 0.05) is 16.7 Å². The van der Waals surface area contributed by atoms with Crippen molar-refractivity contribution in [3.8, 4) is 0 Å². The first kappa shape index (κ1) is 12.4. The summed E-state index contributed by atoms with van der Waals surface area (Å²) in [5.41, 5.74) is 2.00. The Hall–Kier alpha value is -0.680. The van der Waals surface area contributed by atoms with Crippen LogP contribution < -0.4 is 0 Å². The Kier molecular flexibility index (Phi) is 3.28. The number of hydrogen-bond donors (Lipinski definition) is 1. The minimum absolute atomic E-state index is 0.479. The van der Waals surface area contributed by atoms with Crippen LogP contribution >= 0.6 is 28.1 Å².